The molecule has 0 spiro atoms. The number of hydrogen-bond acceptors (Lipinski definition) is 7. The lowest BCUT2D eigenvalue weighted by Gasteiger charge is -2.11. The summed E-state index contributed by atoms with van der Waals surface area (Å²) >= 11 is 3.00. The van der Waals surface area contributed by atoms with E-state index in [1.807, 2.05) is 20.8 Å². The monoisotopic (exact) mass is 298 g/mol. The van der Waals surface area contributed by atoms with Crippen LogP contribution in [-0.2, 0) is 6.42 Å². The number of rotatable bonds is 6. The first-order valence-electron chi connectivity index (χ1n) is 6.13. The zero-order valence-electron chi connectivity index (χ0n) is 11.3. The summed E-state index contributed by atoms with van der Waals surface area (Å²) in [6.07, 6.45) is 0.962. The summed E-state index contributed by atoms with van der Waals surface area (Å²) < 4.78 is 9.79. The van der Waals surface area contributed by atoms with Gasteiger partial charge in [-0.3, -0.25) is 0 Å². The molecule has 2 aromatic heterocycles. The Bertz CT molecular complexity index is 536. The summed E-state index contributed by atoms with van der Waals surface area (Å²) in [6.45, 7) is 6.75. The molecule has 0 aliphatic carbocycles. The number of nitrogen functional groups attached to an aromatic ring is 1. The number of nitrogens with zero attached hydrogens (tertiary/aromatic N) is 2. The van der Waals surface area contributed by atoms with Crippen molar-refractivity contribution in [3.8, 4) is 5.75 Å². The molecule has 0 unspecified atom stereocenters. The Morgan fingerprint density at radius 2 is 2.26 bits per heavy atom. The topological polar surface area (TPSA) is 73.1 Å². The van der Waals surface area contributed by atoms with Crippen LogP contribution < -0.4 is 15.8 Å². The predicted octanol–water partition coefficient (Wildman–Crippen LogP) is 2.93. The van der Waals surface area contributed by atoms with E-state index < -0.39 is 0 Å². The molecule has 2 aromatic rings. The third-order valence-corrected chi connectivity index (χ3v) is 3.98. The molecule has 0 aliphatic heterocycles. The first-order chi connectivity index (χ1) is 9.06. The Labute approximate surface area is 121 Å². The van der Waals surface area contributed by atoms with E-state index in [9.17, 15) is 0 Å². The van der Waals surface area contributed by atoms with Crippen LogP contribution in [0.5, 0.6) is 5.75 Å². The van der Waals surface area contributed by atoms with Crippen molar-refractivity contribution in [1.29, 1.82) is 0 Å². The fraction of sp³-hybridized carbons (Fsp3) is 0.500. The zero-order chi connectivity index (χ0) is 13.8. The van der Waals surface area contributed by atoms with Crippen LogP contribution in [0.25, 0.3) is 0 Å². The van der Waals surface area contributed by atoms with Crippen LogP contribution in [0.1, 0.15) is 24.5 Å². The highest BCUT2D eigenvalue weighted by Gasteiger charge is 2.14. The van der Waals surface area contributed by atoms with Crippen molar-refractivity contribution >= 4 is 33.7 Å². The maximum Gasteiger partial charge on any atom is 0.197 e. The molecule has 0 aromatic carbocycles. The van der Waals surface area contributed by atoms with Crippen LogP contribution in [-0.4, -0.2) is 22.0 Å². The fourth-order valence-electron chi connectivity index (χ4n) is 1.58. The van der Waals surface area contributed by atoms with Gasteiger partial charge in [0.05, 0.1) is 16.8 Å². The summed E-state index contributed by atoms with van der Waals surface area (Å²) in [7, 11) is 0. The normalized spacial score (nSPS) is 10.9. The van der Waals surface area contributed by atoms with Gasteiger partial charge in [0, 0.05) is 18.3 Å². The Morgan fingerprint density at radius 1 is 1.47 bits per heavy atom. The molecule has 0 atom stereocenters. The molecule has 0 amide bonds. The molecular formula is C12H18N4OS2. The summed E-state index contributed by atoms with van der Waals surface area (Å²) in [4.78, 5) is 4.43. The molecule has 0 saturated carbocycles. The van der Waals surface area contributed by atoms with Gasteiger partial charge in [-0.25, -0.2) is 4.98 Å². The molecule has 0 fully saturated rings. The number of nitrogens with two attached hydrogens (primary N) is 1. The minimum atomic E-state index is 0.0837. The molecule has 2 heterocycles. The largest absolute Gasteiger partial charge is 0.484 e. The Kier molecular flexibility index (Phi) is 4.60. The van der Waals surface area contributed by atoms with Crippen molar-refractivity contribution in [2.24, 2.45) is 0 Å². The average Bonchev–Trinajstić information content (AvgIpc) is 2.89. The van der Waals surface area contributed by atoms with Crippen LogP contribution >= 0.6 is 22.9 Å². The molecule has 0 radical (unpaired) electrons. The van der Waals surface area contributed by atoms with Gasteiger partial charge in [0.25, 0.3) is 0 Å². The molecule has 3 N–H and O–H groups in total. The lowest BCUT2D eigenvalue weighted by Crippen LogP contribution is -2.10. The first-order valence-corrected chi connectivity index (χ1v) is 7.78. The number of anilines is 2. The number of nitrogens with one attached hydrogen (secondary N) is 1. The van der Waals surface area contributed by atoms with Gasteiger partial charge >= 0.3 is 0 Å². The molecule has 7 heteroatoms. The highest BCUT2D eigenvalue weighted by atomic mass is 32.1. The predicted molar refractivity (Wildman–Crippen MR) is 81.3 cm³/mol. The second kappa shape index (κ2) is 6.21. The second-order valence-electron chi connectivity index (χ2n) is 4.43. The van der Waals surface area contributed by atoms with Crippen molar-refractivity contribution in [3.05, 3.63) is 16.1 Å². The molecule has 104 valence electrons. The standard InChI is InChI=1S/C12H18N4OS2/c1-7(2)17-10-11(13)16-19-12(10)14-5-4-9-6-18-8(3)15-9/h6-7,14H,4-5H2,1-3H3,(H2,13,16). The van der Waals surface area contributed by atoms with E-state index in [1.165, 1.54) is 11.5 Å². The second-order valence-corrected chi connectivity index (χ2v) is 6.26. The quantitative estimate of drug-likeness (QED) is 0.858. The smallest absolute Gasteiger partial charge is 0.197 e. The molecular weight excluding hydrogens is 280 g/mol. The number of thiazole rings is 1. The van der Waals surface area contributed by atoms with E-state index in [4.69, 9.17) is 10.5 Å². The van der Waals surface area contributed by atoms with Gasteiger partial charge in [-0.1, -0.05) is 0 Å². The van der Waals surface area contributed by atoms with Crippen molar-refractivity contribution in [2.45, 2.75) is 33.3 Å². The fourth-order valence-corrected chi connectivity index (χ4v) is 2.91. The number of hydrogen-bond donors (Lipinski definition) is 2. The molecule has 5 nitrogen and oxygen atoms in total. The number of ether oxygens (including phenoxy) is 1. The van der Waals surface area contributed by atoms with E-state index in [0.29, 0.717) is 11.6 Å². The minimum absolute atomic E-state index is 0.0837. The summed E-state index contributed by atoms with van der Waals surface area (Å²) in [5, 5.41) is 7.38. The van der Waals surface area contributed by atoms with Crippen LogP contribution in [0, 0.1) is 6.92 Å². The Balaban J connectivity index is 1.92. The highest BCUT2D eigenvalue weighted by Crippen LogP contribution is 2.35. The van der Waals surface area contributed by atoms with Crippen molar-refractivity contribution in [1.82, 2.24) is 9.36 Å². The van der Waals surface area contributed by atoms with Gasteiger partial charge in [-0.2, -0.15) is 4.37 Å². The Morgan fingerprint density at radius 3 is 2.89 bits per heavy atom. The van der Waals surface area contributed by atoms with Crippen molar-refractivity contribution < 1.29 is 4.74 Å². The molecule has 0 bridgehead atoms. The van der Waals surface area contributed by atoms with Crippen molar-refractivity contribution in [2.75, 3.05) is 17.6 Å². The van der Waals surface area contributed by atoms with Gasteiger partial charge in [-0.15, -0.1) is 11.3 Å². The summed E-state index contributed by atoms with van der Waals surface area (Å²) in [6, 6.07) is 0. The van der Waals surface area contributed by atoms with E-state index >= 15 is 0 Å². The molecule has 0 aliphatic rings. The van der Waals surface area contributed by atoms with Crippen LogP contribution in [0.3, 0.4) is 0 Å². The zero-order valence-corrected chi connectivity index (χ0v) is 12.9. The number of aryl methyl sites for hydroxylation is 1. The lowest BCUT2D eigenvalue weighted by atomic mass is 10.3. The lowest BCUT2D eigenvalue weighted by molar-refractivity contribution is 0.245. The van der Waals surface area contributed by atoms with Gasteiger partial charge < -0.3 is 15.8 Å². The Hall–Kier alpha value is -1.34. The van der Waals surface area contributed by atoms with E-state index in [1.54, 1.807) is 11.3 Å². The van der Waals surface area contributed by atoms with Gasteiger partial charge in [0.15, 0.2) is 16.6 Å². The number of aromatic nitrogens is 2. The van der Waals surface area contributed by atoms with Crippen LogP contribution in [0.15, 0.2) is 5.38 Å². The third-order valence-electron chi connectivity index (χ3n) is 2.36. The van der Waals surface area contributed by atoms with Crippen molar-refractivity contribution in [3.63, 3.8) is 0 Å². The summed E-state index contributed by atoms with van der Waals surface area (Å²) in [5.74, 6) is 1.11. The molecule has 19 heavy (non-hydrogen) atoms. The summed E-state index contributed by atoms with van der Waals surface area (Å²) in [5.41, 5.74) is 6.91. The van der Waals surface area contributed by atoms with E-state index in [-0.39, 0.29) is 6.10 Å². The van der Waals surface area contributed by atoms with E-state index in [2.05, 4.69) is 20.1 Å². The van der Waals surface area contributed by atoms with Gasteiger partial charge in [0.1, 0.15) is 0 Å². The van der Waals surface area contributed by atoms with E-state index in [0.717, 1.165) is 28.7 Å². The van der Waals surface area contributed by atoms with Gasteiger partial charge in [-0.05, 0) is 32.3 Å². The molecule has 0 saturated heterocycles. The average molecular weight is 298 g/mol. The maximum absolute atomic E-state index is 5.80. The highest BCUT2D eigenvalue weighted by molar-refractivity contribution is 7.11. The van der Waals surface area contributed by atoms with Gasteiger partial charge in [0.2, 0.25) is 0 Å². The molecule has 2 rings (SSSR count). The maximum atomic E-state index is 5.80. The van der Waals surface area contributed by atoms with Crippen LogP contribution in [0.2, 0.25) is 0 Å². The van der Waals surface area contributed by atoms with Crippen LogP contribution in [0.4, 0.5) is 10.8 Å². The SMILES string of the molecule is Cc1nc(CCNc2snc(N)c2OC(C)C)cs1. The minimum Gasteiger partial charge on any atom is -0.484 e. The first kappa shape index (κ1) is 14.1. The third kappa shape index (κ3) is 3.81.